The number of anilines is 1. The Morgan fingerprint density at radius 3 is 2.38 bits per heavy atom. The molecule has 0 spiro atoms. The molecular weight excluding hydrogens is 329 g/mol. The number of nitrogens with zero attached hydrogens (tertiary/aromatic N) is 2. The zero-order chi connectivity index (χ0) is 15.0. The fourth-order valence-corrected chi connectivity index (χ4v) is 2.71. The summed E-state index contributed by atoms with van der Waals surface area (Å²) in [6, 6.07) is 11.3. The van der Waals surface area contributed by atoms with Crippen molar-refractivity contribution < 1.29 is 0 Å². The lowest BCUT2D eigenvalue weighted by molar-refractivity contribution is 0.726. The van der Waals surface area contributed by atoms with E-state index in [1.165, 1.54) is 5.56 Å². The zero-order valence-electron chi connectivity index (χ0n) is 11.0. The third kappa shape index (κ3) is 2.95. The van der Waals surface area contributed by atoms with E-state index in [2.05, 4.69) is 4.98 Å². The van der Waals surface area contributed by atoms with Crippen LogP contribution in [-0.4, -0.2) is 9.55 Å². The Morgan fingerprint density at radius 2 is 1.67 bits per heavy atom. The van der Waals surface area contributed by atoms with E-state index in [1.807, 2.05) is 28.8 Å². The van der Waals surface area contributed by atoms with Crippen LogP contribution in [0.15, 0.2) is 36.4 Å². The van der Waals surface area contributed by atoms with Gasteiger partial charge in [0.1, 0.15) is 0 Å². The molecule has 0 atom stereocenters. The van der Waals surface area contributed by atoms with Crippen LogP contribution in [0.3, 0.4) is 0 Å². The maximum Gasteiger partial charge on any atom is 0.201 e. The van der Waals surface area contributed by atoms with Gasteiger partial charge >= 0.3 is 0 Å². The van der Waals surface area contributed by atoms with E-state index in [-0.39, 0.29) is 0 Å². The SMILES string of the molecule is Nc1nc2cc(Cl)c(Cl)cc2n1CCc1ccc(Cl)cc1. The van der Waals surface area contributed by atoms with E-state index in [0.717, 1.165) is 22.5 Å². The summed E-state index contributed by atoms with van der Waals surface area (Å²) in [7, 11) is 0. The fourth-order valence-electron chi connectivity index (χ4n) is 2.27. The molecule has 0 unspecified atom stereocenters. The first kappa shape index (κ1) is 14.5. The first-order valence-corrected chi connectivity index (χ1v) is 7.53. The van der Waals surface area contributed by atoms with Gasteiger partial charge in [0.05, 0.1) is 21.1 Å². The third-order valence-electron chi connectivity index (χ3n) is 3.36. The first-order valence-electron chi connectivity index (χ1n) is 6.40. The van der Waals surface area contributed by atoms with Crippen LogP contribution in [-0.2, 0) is 13.0 Å². The van der Waals surface area contributed by atoms with E-state index in [4.69, 9.17) is 40.5 Å². The highest BCUT2D eigenvalue weighted by atomic mass is 35.5. The maximum absolute atomic E-state index is 6.07. The largest absolute Gasteiger partial charge is 0.369 e. The number of nitrogen functional groups attached to an aromatic ring is 1. The van der Waals surface area contributed by atoms with Gasteiger partial charge in [0.25, 0.3) is 0 Å². The summed E-state index contributed by atoms with van der Waals surface area (Å²) in [5.41, 5.74) is 8.80. The van der Waals surface area contributed by atoms with Crippen LogP contribution >= 0.6 is 34.8 Å². The van der Waals surface area contributed by atoms with Gasteiger partial charge in [0, 0.05) is 11.6 Å². The minimum Gasteiger partial charge on any atom is -0.369 e. The highest BCUT2D eigenvalue weighted by Gasteiger charge is 2.11. The standard InChI is InChI=1S/C15H12Cl3N3/c16-10-3-1-9(2-4-10)5-6-21-14-8-12(18)11(17)7-13(14)20-15(21)19/h1-4,7-8H,5-6H2,(H2,19,20). The summed E-state index contributed by atoms with van der Waals surface area (Å²) in [5.74, 6) is 0.456. The van der Waals surface area contributed by atoms with E-state index >= 15 is 0 Å². The molecule has 0 aliphatic rings. The molecule has 0 radical (unpaired) electrons. The highest BCUT2D eigenvalue weighted by Crippen LogP contribution is 2.29. The highest BCUT2D eigenvalue weighted by molar-refractivity contribution is 6.42. The smallest absolute Gasteiger partial charge is 0.201 e. The maximum atomic E-state index is 6.07. The number of aryl methyl sites for hydroxylation is 2. The summed E-state index contributed by atoms with van der Waals surface area (Å²) in [4.78, 5) is 4.32. The summed E-state index contributed by atoms with van der Waals surface area (Å²) >= 11 is 18.0. The predicted molar refractivity (Wildman–Crippen MR) is 89.3 cm³/mol. The molecule has 3 nitrogen and oxygen atoms in total. The molecule has 21 heavy (non-hydrogen) atoms. The second-order valence-corrected chi connectivity index (χ2v) is 6.00. The van der Waals surface area contributed by atoms with E-state index in [9.17, 15) is 0 Å². The molecule has 2 N–H and O–H groups in total. The van der Waals surface area contributed by atoms with Crippen molar-refractivity contribution in [3.05, 3.63) is 57.0 Å². The van der Waals surface area contributed by atoms with Crippen LogP contribution in [0.2, 0.25) is 15.1 Å². The van der Waals surface area contributed by atoms with Crippen LogP contribution in [0.5, 0.6) is 0 Å². The van der Waals surface area contributed by atoms with Crippen molar-refractivity contribution in [3.63, 3.8) is 0 Å². The fraction of sp³-hybridized carbons (Fsp3) is 0.133. The van der Waals surface area contributed by atoms with Gasteiger partial charge in [-0.1, -0.05) is 46.9 Å². The minimum absolute atomic E-state index is 0.456. The molecule has 1 heterocycles. The number of nitrogens with two attached hydrogens (primary N) is 1. The number of benzene rings is 2. The molecule has 108 valence electrons. The molecule has 0 amide bonds. The predicted octanol–water partition coefficient (Wildman–Crippen LogP) is 4.82. The molecule has 0 saturated heterocycles. The minimum atomic E-state index is 0.456. The Kier molecular flexibility index (Phi) is 3.98. The second kappa shape index (κ2) is 5.76. The number of hydrogen-bond donors (Lipinski definition) is 1. The zero-order valence-corrected chi connectivity index (χ0v) is 13.3. The number of halogens is 3. The van der Waals surface area contributed by atoms with Gasteiger partial charge in [-0.15, -0.1) is 0 Å². The Labute approximate surface area is 137 Å². The summed E-state index contributed by atoms with van der Waals surface area (Å²) in [5, 5.41) is 1.70. The molecule has 0 saturated carbocycles. The number of hydrogen-bond acceptors (Lipinski definition) is 2. The lowest BCUT2D eigenvalue weighted by Gasteiger charge is -2.07. The van der Waals surface area contributed by atoms with Crippen molar-refractivity contribution >= 4 is 51.8 Å². The van der Waals surface area contributed by atoms with Gasteiger partial charge < -0.3 is 10.3 Å². The van der Waals surface area contributed by atoms with Gasteiger partial charge in [-0.25, -0.2) is 4.98 Å². The Balaban J connectivity index is 1.91. The van der Waals surface area contributed by atoms with Crippen molar-refractivity contribution in [2.45, 2.75) is 13.0 Å². The molecule has 0 aliphatic carbocycles. The monoisotopic (exact) mass is 339 g/mol. The molecule has 0 fully saturated rings. The average Bonchev–Trinajstić information content (AvgIpc) is 2.74. The normalized spacial score (nSPS) is 11.2. The van der Waals surface area contributed by atoms with E-state index < -0.39 is 0 Å². The summed E-state index contributed by atoms with van der Waals surface area (Å²) in [6.07, 6.45) is 0.826. The lowest BCUT2D eigenvalue weighted by atomic mass is 10.1. The Hall–Kier alpha value is -1.42. The van der Waals surface area contributed by atoms with Gasteiger partial charge in [0.15, 0.2) is 0 Å². The van der Waals surface area contributed by atoms with Crippen LogP contribution in [0.25, 0.3) is 11.0 Å². The summed E-state index contributed by atoms with van der Waals surface area (Å²) in [6.45, 7) is 0.710. The Bertz CT molecular complexity index is 794. The topological polar surface area (TPSA) is 43.8 Å². The molecule has 6 heteroatoms. The average molecular weight is 341 g/mol. The first-order chi connectivity index (χ1) is 10.0. The van der Waals surface area contributed by atoms with Crippen LogP contribution in [0, 0.1) is 0 Å². The van der Waals surface area contributed by atoms with Gasteiger partial charge in [-0.2, -0.15) is 0 Å². The summed E-state index contributed by atoms with van der Waals surface area (Å²) < 4.78 is 1.94. The Morgan fingerprint density at radius 1 is 1.00 bits per heavy atom. The van der Waals surface area contributed by atoms with Crippen LogP contribution < -0.4 is 5.73 Å². The molecule has 1 aromatic heterocycles. The number of fused-ring (bicyclic) bond motifs is 1. The van der Waals surface area contributed by atoms with Crippen molar-refractivity contribution in [1.29, 1.82) is 0 Å². The molecular formula is C15H12Cl3N3. The molecule has 2 aromatic carbocycles. The van der Waals surface area contributed by atoms with Crippen molar-refractivity contribution in [1.82, 2.24) is 9.55 Å². The van der Waals surface area contributed by atoms with Crippen LogP contribution in [0.4, 0.5) is 5.95 Å². The van der Waals surface area contributed by atoms with Gasteiger partial charge in [-0.3, -0.25) is 0 Å². The quantitative estimate of drug-likeness (QED) is 0.742. The van der Waals surface area contributed by atoms with Crippen molar-refractivity contribution in [2.75, 3.05) is 5.73 Å². The van der Waals surface area contributed by atoms with Gasteiger partial charge in [0.2, 0.25) is 5.95 Å². The molecule has 3 aromatic rings. The molecule has 3 rings (SSSR count). The number of imidazole rings is 1. The number of rotatable bonds is 3. The van der Waals surface area contributed by atoms with E-state index in [0.29, 0.717) is 22.5 Å². The van der Waals surface area contributed by atoms with Crippen molar-refractivity contribution in [2.24, 2.45) is 0 Å². The molecule has 0 aliphatic heterocycles. The van der Waals surface area contributed by atoms with E-state index in [1.54, 1.807) is 12.1 Å². The number of aromatic nitrogens is 2. The van der Waals surface area contributed by atoms with Crippen molar-refractivity contribution in [3.8, 4) is 0 Å². The second-order valence-electron chi connectivity index (χ2n) is 4.75. The molecule has 0 bridgehead atoms. The third-order valence-corrected chi connectivity index (χ3v) is 4.33. The van der Waals surface area contributed by atoms with Crippen LogP contribution in [0.1, 0.15) is 5.56 Å². The lowest BCUT2D eigenvalue weighted by Crippen LogP contribution is -2.05. The van der Waals surface area contributed by atoms with Gasteiger partial charge in [-0.05, 0) is 36.2 Å².